The van der Waals surface area contributed by atoms with Crippen molar-refractivity contribution in [3.05, 3.63) is 77.4 Å². The Kier molecular flexibility index (Phi) is 4.90. The molecule has 0 aliphatic rings. The van der Waals surface area contributed by atoms with E-state index in [0.29, 0.717) is 17.3 Å². The van der Waals surface area contributed by atoms with Crippen LogP contribution in [0.15, 0.2) is 66.0 Å². The van der Waals surface area contributed by atoms with Gasteiger partial charge in [-0.2, -0.15) is 0 Å². The van der Waals surface area contributed by atoms with Crippen LogP contribution in [0, 0.1) is 6.92 Å². The molecule has 1 amide bonds. The second kappa shape index (κ2) is 7.66. The topological polar surface area (TPSA) is 69.0 Å². The number of para-hydroxylation sites is 2. The molecule has 4 rings (SSSR count). The predicted octanol–water partition coefficient (Wildman–Crippen LogP) is 4.57. The van der Waals surface area contributed by atoms with Gasteiger partial charge in [-0.15, -0.1) is 16.4 Å². The highest BCUT2D eigenvalue weighted by Gasteiger charge is 2.21. The van der Waals surface area contributed by atoms with E-state index in [4.69, 9.17) is 4.74 Å². The molecule has 0 bridgehead atoms. The van der Waals surface area contributed by atoms with Gasteiger partial charge in [0, 0.05) is 0 Å². The van der Waals surface area contributed by atoms with Crippen molar-refractivity contribution in [1.29, 1.82) is 0 Å². The van der Waals surface area contributed by atoms with Crippen LogP contribution in [0.5, 0.6) is 5.75 Å². The Hall–Kier alpha value is -3.45. The summed E-state index contributed by atoms with van der Waals surface area (Å²) in [5.41, 5.74) is 2.35. The van der Waals surface area contributed by atoms with Gasteiger partial charge in [0.05, 0.1) is 23.4 Å². The number of carbonyl (C=O) groups excluding carboxylic acids is 1. The molecule has 2 aromatic carbocycles. The van der Waals surface area contributed by atoms with Crippen LogP contribution in [0.25, 0.3) is 16.4 Å². The number of aromatic nitrogens is 3. The SMILES string of the molecule is COc1cccc(C)c1NC(=O)c1nc(-c2cccs2)n(-c2ccccc2)n1. The summed E-state index contributed by atoms with van der Waals surface area (Å²) >= 11 is 1.55. The van der Waals surface area contributed by atoms with Gasteiger partial charge >= 0.3 is 0 Å². The first-order chi connectivity index (χ1) is 13.7. The summed E-state index contributed by atoms with van der Waals surface area (Å²) in [7, 11) is 1.57. The summed E-state index contributed by atoms with van der Waals surface area (Å²) in [6, 6.07) is 19.1. The van der Waals surface area contributed by atoms with Gasteiger partial charge in [0.15, 0.2) is 5.82 Å². The lowest BCUT2D eigenvalue weighted by Gasteiger charge is -2.11. The fourth-order valence-corrected chi connectivity index (χ4v) is 3.56. The van der Waals surface area contributed by atoms with Crippen molar-refractivity contribution in [3.63, 3.8) is 0 Å². The van der Waals surface area contributed by atoms with Gasteiger partial charge in [-0.05, 0) is 42.1 Å². The molecule has 1 N–H and O–H groups in total. The van der Waals surface area contributed by atoms with Gasteiger partial charge in [-0.3, -0.25) is 4.79 Å². The number of thiophene rings is 1. The minimum atomic E-state index is -0.389. The molecule has 0 aliphatic heterocycles. The maximum absolute atomic E-state index is 12.9. The molecule has 28 heavy (non-hydrogen) atoms. The number of nitrogens with one attached hydrogen (secondary N) is 1. The summed E-state index contributed by atoms with van der Waals surface area (Å²) < 4.78 is 7.05. The Morgan fingerprint density at radius 1 is 1.07 bits per heavy atom. The molecule has 0 saturated heterocycles. The molecule has 2 aromatic heterocycles. The molecule has 0 unspecified atom stereocenters. The molecule has 4 aromatic rings. The second-order valence-corrected chi connectivity index (χ2v) is 7.04. The molecule has 0 saturated carbocycles. The molecule has 7 heteroatoms. The molecule has 0 fully saturated rings. The van der Waals surface area contributed by atoms with Gasteiger partial charge in [0.25, 0.3) is 5.91 Å². The zero-order valence-corrected chi connectivity index (χ0v) is 16.2. The van der Waals surface area contributed by atoms with Crippen molar-refractivity contribution in [2.75, 3.05) is 12.4 Å². The van der Waals surface area contributed by atoms with Gasteiger partial charge in [0.1, 0.15) is 5.75 Å². The van der Waals surface area contributed by atoms with Crippen LogP contribution >= 0.6 is 11.3 Å². The lowest BCUT2D eigenvalue weighted by atomic mass is 10.2. The van der Waals surface area contributed by atoms with E-state index >= 15 is 0 Å². The smallest absolute Gasteiger partial charge is 0.295 e. The first-order valence-electron chi connectivity index (χ1n) is 8.68. The van der Waals surface area contributed by atoms with E-state index in [1.54, 1.807) is 29.2 Å². The maximum Gasteiger partial charge on any atom is 0.295 e. The van der Waals surface area contributed by atoms with Crippen LogP contribution in [0.2, 0.25) is 0 Å². The van der Waals surface area contributed by atoms with Crippen LogP contribution < -0.4 is 10.1 Å². The fourth-order valence-electron chi connectivity index (χ4n) is 2.86. The minimum Gasteiger partial charge on any atom is -0.495 e. The monoisotopic (exact) mass is 390 g/mol. The van der Waals surface area contributed by atoms with Crippen LogP contribution in [-0.2, 0) is 0 Å². The second-order valence-electron chi connectivity index (χ2n) is 6.09. The number of nitrogens with zero attached hydrogens (tertiary/aromatic N) is 3. The molecule has 0 aliphatic carbocycles. The van der Waals surface area contributed by atoms with Crippen molar-refractivity contribution in [3.8, 4) is 22.1 Å². The van der Waals surface area contributed by atoms with E-state index < -0.39 is 0 Å². The van der Waals surface area contributed by atoms with Crippen LogP contribution in [0.3, 0.4) is 0 Å². The lowest BCUT2D eigenvalue weighted by Crippen LogP contribution is -2.15. The van der Waals surface area contributed by atoms with Crippen LogP contribution in [-0.4, -0.2) is 27.8 Å². The highest BCUT2D eigenvalue weighted by atomic mass is 32.1. The number of anilines is 1. The molecule has 6 nitrogen and oxygen atoms in total. The first-order valence-corrected chi connectivity index (χ1v) is 9.56. The minimum absolute atomic E-state index is 0.0950. The third kappa shape index (κ3) is 3.39. The van der Waals surface area contributed by atoms with E-state index in [1.165, 1.54) is 0 Å². The number of ether oxygens (including phenoxy) is 1. The molecule has 0 atom stereocenters. The fraction of sp³-hybridized carbons (Fsp3) is 0.0952. The number of methoxy groups -OCH3 is 1. The number of hydrogen-bond acceptors (Lipinski definition) is 5. The Bertz CT molecular complexity index is 1100. The van der Waals surface area contributed by atoms with Crippen LogP contribution in [0.4, 0.5) is 5.69 Å². The van der Waals surface area contributed by atoms with Crippen molar-refractivity contribution < 1.29 is 9.53 Å². The van der Waals surface area contributed by atoms with E-state index in [1.807, 2.05) is 66.9 Å². The quantitative estimate of drug-likeness (QED) is 0.542. The predicted molar refractivity (Wildman–Crippen MR) is 110 cm³/mol. The van der Waals surface area contributed by atoms with Crippen molar-refractivity contribution in [2.45, 2.75) is 6.92 Å². The van der Waals surface area contributed by atoms with Crippen LogP contribution in [0.1, 0.15) is 16.2 Å². The number of carbonyl (C=O) groups is 1. The summed E-state index contributed by atoms with van der Waals surface area (Å²) in [6.45, 7) is 1.91. The molecule has 0 radical (unpaired) electrons. The standard InChI is InChI=1S/C21H18N4O2S/c1-14-8-6-11-16(27-2)18(14)22-21(26)19-23-20(17-12-7-13-28-17)25(24-19)15-9-4-3-5-10-15/h3-13H,1-2H3,(H,22,26). The first kappa shape index (κ1) is 17.9. The molecule has 0 spiro atoms. The number of rotatable bonds is 5. The molecular weight excluding hydrogens is 372 g/mol. The zero-order chi connectivity index (χ0) is 19.5. The Balaban J connectivity index is 1.74. The summed E-state index contributed by atoms with van der Waals surface area (Å²) in [5.74, 6) is 0.926. The van der Waals surface area contributed by atoms with E-state index in [-0.39, 0.29) is 11.7 Å². The van der Waals surface area contributed by atoms with Gasteiger partial charge in [0.2, 0.25) is 5.82 Å². The summed E-state index contributed by atoms with van der Waals surface area (Å²) in [6.07, 6.45) is 0. The Morgan fingerprint density at radius 2 is 1.89 bits per heavy atom. The number of hydrogen-bond donors (Lipinski definition) is 1. The van der Waals surface area contributed by atoms with Gasteiger partial charge in [-0.1, -0.05) is 36.4 Å². The van der Waals surface area contributed by atoms with E-state index in [9.17, 15) is 4.79 Å². The highest BCUT2D eigenvalue weighted by Crippen LogP contribution is 2.29. The van der Waals surface area contributed by atoms with Crippen molar-refractivity contribution in [2.24, 2.45) is 0 Å². The van der Waals surface area contributed by atoms with Crippen molar-refractivity contribution in [1.82, 2.24) is 14.8 Å². The lowest BCUT2D eigenvalue weighted by molar-refractivity contribution is 0.101. The third-order valence-corrected chi connectivity index (χ3v) is 5.11. The number of aryl methyl sites for hydroxylation is 1. The van der Waals surface area contributed by atoms with Gasteiger partial charge in [-0.25, -0.2) is 9.67 Å². The van der Waals surface area contributed by atoms with E-state index in [0.717, 1.165) is 16.1 Å². The average molecular weight is 390 g/mol. The van der Waals surface area contributed by atoms with Crippen molar-refractivity contribution >= 4 is 22.9 Å². The van der Waals surface area contributed by atoms with E-state index in [2.05, 4.69) is 15.4 Å². The largest absolute Gasteiger partial charge is 0.495 e. The third-order valence-electron chi connectivity index (χ3n) is 4.25. The highest BCUT2D eigenvalue weighted by molar-refractivity contribution is 7.13. The summed E-state index contributed by atoms with van der Waals surface area (Å²) in [4.78, 5) is 18.4. The van der Waals surface area contributed by atoms with Gasteiger partial charge < -0.3 is 10.1 Å². The summed E-state index contributed by atoms with van der Waals surface area (Å²) in [5, 5.41) is 9.33. The maximum atomic E-state index is 12.9. The average Bonchev–Trinajstić information content (AvgIpc) is 3.40. The Labute approximate surface area is 166 Å². The number of benzene rings is 2. The number of amides is 1. The molecule has 2 heterocycles. The Morgan fingerprint density at radius 3 is 2.61 bits per heavy atom. The normalized spacial score (nSPS) is 10.6. The molecular formula is C21H18N4O2S. The zero-order valence-electron chi connectivity index (χ0n) is 15.4. The molecule has 140 valence electrons.